The summed E-state index contributed by atoms with van der Waals surface area (Å²) in [7, 11) is 0. The van der Waals surface area contributed by atoms with Gasteiger partial charge in [0.05, 0.1) is 0 Å². The molecule has 0 saturated heterocycles. The highest BCUT2D eigenvalue weighted by atomic mass is 14.9. The zero-order valence-corrected chi connectivity index (χ0v) is 5.41. The van der Waals surface area contributed by atoms with Gasteiger partial charge in [-0.3, -0.25) is 0 Å². The van der Waals surface area contributed by atoms with Crippen LogP contribution in [0.1, 0.15) is 0 Å². The summed E-state index contributed by atoms with van der Waals surface area (Å²) in [6.45, 7) is 0. The average Bonchev–Trinajstić information content (AvgIpc) is 2.33. The fourth-order valence-electron chi connectivity index (χ4n) is 0.793. The van der Waals surface area contributed by atoms with Crippen molar-refractivity contribution in [3.05, 3.63) is 24.8 Å². The first-order chi connectivity index (χ1) is 4.47. The Labute approximate surface area is 57.9 Å². The summed E-state index contributed by atoms with van der Waals surface area (Å²) in [4.78, 5) is 10.8. The van der Waals surface area contributed by atoms with Crippen molar-refractivity contribution in [2.75, 3.05) is 0 Å². The molecule has 0 saturated carbocycles. The molecule has 0 radical (unpaired) electrons. The van der Waals surface area contributed by atoms with Crippen molar-refractivity contribution in [3.8, 4) is 0 Å². The van der Waals surface area contributed by atoms with Crippen LogP contribution in [0.15, 0.2) is 24.8 Å². The number of aromatic amines is 1. The lowest BCUT2D eigenvalue weighted by molar-refractivity contribution is 1.20. The van der Waals surface area contributed by atoms with Gasteiger partial charge in [-0.05, 0) is 6.07 Å². The fraction of sp³-hybridized carbons (Fsp3) is 0. The zero-order chi connectivity index (χ0) is 6.10. The molecule has 0 atom stereocenters. The van der Waals surface area contributed by atoms with Gasteiger partial charge in [-0.15, -0.1) is 0 Å². The van der Waals surface area contributed by atoms with Gasteiger partial charge in [-0.2, -0.15) is 0 Å². The number of rotatable bonds is 0. The SMILES string of the molecule is N.c1ncc2cc[nH]c2n1. The summed E-state index contributed by atoms with van der Waals surface area (Å²) < 4.78 is 0. The van der Waals surface area contributed by atoms with Gasteiger partial charge in [0.25, 0.3) is 0 Å². The van der Waals surface area contributed by atoms with Crippen molar-refractivity contribution in [1.82, 2.24) is 21.1 Å². The minimum atomic E-state index is 0. The monoisotopic (exact) mass is 136 g/mol. The molecule has 2 rings (SSSR count). The highest BCUT2D eigenvalue weighted by Gasteiger charge is 1.89. The molecule has 0 aliphatic heterocycles. The van der Waals surface area contributed by atoms with Crippen molar-refractivity contribution in [1.29, 1.82) is 0 Å². The number of aromatic nitrogens is 3. The van der Waals surface area contributed by atoms with E-state index in [1.165, 1.54) is 6.33 Å². The highest BCUT2D eigenvalue weighted by Crippen LogP contribution is 2.03. The van der Waals surface area contributed by atoms with E-state index in [9.17, 15) is 0 Å². The molecule has 0 bridgehead atoms. The molecule has 2 aromatic rings. The van der Waals surface area contributed by atoms with E-state index in [4.69, 9.17) is 0 Å². The van der Waals surface area contributed by atoms with E-state index in [2.05, 4.69) is 15.0 Å². The fourth-order valence-corrected chi connectivity index (χ4v) is 0.793. The smallest absolute Gasteiger partial charge is 0.140 e. The highest BCUT2D eigenvalue weighted by molar-refractivity contribution is 5.73. The number of fused-ring (bicyclic) bond motifs is 1. The standard InChI is InChI=1S/C6H5N3.H3N/c1-2-8-6-5(1)3-7-4-9-6;/h1-4H,(H,7,8,9);1H3. The summed E-state index contributed by atoms with van der Waals surface area (Å²) >= 11 is 0. The molecule has 0 fully saturated rings. The Kier molecular flexibility index (Phi) is 1.64. The van der Waals surface area contributed by atoms with Crippen LogP contribution in [0.3, 0.4) is 0 Å². The van der Waals surface area contributed by atoms with Gasteiger partial charge >= 0.3 is 0 Å². The van der Waals surface area contributed by atoms with E-state index in [1.54, 1.807) is 6.20 Å². The van der Waals surface area contributed by atoms with Crippen molar-refractivity contribution < 1.29 is 0 Å². The van der Waals surface area contributed by atoms with Crippen LogP contribution < -0.4 is 6.15 Å². The largest absolute Gasteiger partial charge is 0.346 e. The Hall–Kier alpha value is -1.42. The lowest BCUT2D eigenvalue weighted by atomic mass is 10.4. The van der Waals surface area contributed by atoms with Crippen LogP contribution in [0.25, 0.3) is 11.0 Å². The first kappa shape index (κ1) is 6.70. The van der Waals surface area contributed by atoms with E-state index in [-0.39, 0.29) is 6.15 Å². The van der Waals surface area contributed by atoms with Crippen molar-refractivity contribution in [3.63, 3.8) is 0 Å². The summed E-state index contributed by atoms with van der Waals surface area (Å²) in [6.07, 6.45) is 5.15. The van der Waals surface area contributed by atoms with Crippen LogP contribution in [0, 0.1) is 0 Å². The predicted octanol–water partition coefficient (Wildman–Crippen LogP) is 1.12. The minimum absolute atomic E-state index is 0. The second-order valence-corrected chi connectivity index (χ2v) is 1.80. The molecule has 0 spiro atoms. The van der Waals surface area contributed by atoms with E-state index < -0.39 is 0 Å². The Balaban J connectivity index is 0.000000500. The van der Waals surface area contributed by atoms with E-state index in [0.717, 1.165) is 11.0 Å². The van der Waals surface area contributed by atoms with Gasteiger partial charge < -0.3 is 11.1 Å². The molecule has 0 aliphatic rings. The zero-order valence-electron chi connectivity index (χ0n) is 5.41. The van der Waals surface area contributed by atoms with Gasteiger partial charge in [-0.1, -0.05) is 0 Å². The molecular formula is C6H8N4. The molecular weight excluding hydrogens is 128 g/mol. The van der Waals surface area contributed by atoms with Crippen LogP contribution >= 0.6 is 0 Å². The first-order valence-corrected chi connectivity index (χ1v) is 2.70. The molecule has 0 aliphatic carbocycles. The molecule has 10 heavy (non-hydrogen) atoms. The summed E-state index contributed by atoms with van der Waals surface area (Å²) in [5.41, 5.74) is 0.894. The second kappa shape index (κ2) is 2.45. The van der Waals surface area contributed by atoms with Crippen LogP contribution in [0.2, 0.25) is 0 Å². The minimum Gasteiger partial charge on any atom is -0.346 e. The molecule has 0 aromatic carbocycles. The molecule has 4 N–H and O–H groups in total. The topological polar surface area (TPSA) is 76.6 Å². The van der Waals surface area contributed by atoms with Crippen LogP contribution in [-0.4, -0.2) is 15.0 Å². The van der Waals surface area contributed by atoms with Gasteiger partial charge in [-0.25, -0.2) is 9.97 Å². The molecule has 2 aromatic heterocycles. The Morgan fingerprint density at radius 2 is 2.30 bits per heavy atom. The maximum Gasteiger partial charge on any atom is 0.140 e. The Bertz CT molecular complexity index is 284. The van der Waals surface area contributed by atoms with Gasteiger partial charge in [0.15, 0.2) is 0 Å². The summed E-state index contributed by atoms with van der Waals surface area (Å²) in [5, 5.41) is 1.05. The maximum absolute atomic E-state index is 3.97. The third-order valence-electron chi connectivity index (χ3n) is 1.22. The molecule has 4 nitrogen and oxygen atoms in total. The van der Waals surface area contributed by atoms with Crippen LogP contribution in [0.4, 0.5) is 0 Å². The number of hydrogen-bond acceptors (Lipinski definition) is 3. The number of H-pyrrole nitrogens is 1. The molecule has 0 unspecified atom stereocenters. The molecule has 2 heterocycles. The van der Waals surface area contributed by atoms with Gasteiger partial charge in [0.1, 0.15) is 12.0 Å². The third kappa shape index (κ3) is 0.844. The van der Waals surface area contributed by atoms with Crippen molar-refractivity contribution in [2.24, 2.45) is 0 Å². The third-order valence-corrected chi connectivity index (χ3v) is 1.22. The number of nitrogens with zero attached hydrogens (tertiary/aromatic N) is 2. The first-order valence-electron chi connectivity index (χ1n) is 2.70. The summed E-state index contributed by atoms with van der Waals surface area (Å²) in [6, 6.07) is 1.94. The maximum atomic E-state index is 3.97. The Morgan fingerprint density at radius 1 is 1.40 bits per heavy atom. The van der Waals surface area contributed by atoms with E-state index in [1.807, 2.05) is 12.3 Å². The predicted molar refractivity (Wildman–Crippen MR) is 38.9 cm³/mol. The number of nitrogens with one attached hydrogen (secondary N) is 1. The normalized spacial score (nSPS) is 9.20. The van der Waals surface area contributed by atoms with Crippen molar-refractivity contribution >= 4 is 11.0 Å². The average molecular weight is 136 g/mol. The van der Waals surface area contributed by atoms with Crippen LogP contribution in [0.5, 0.6) is 0 Å². The van der Waals surface area contributed by atoms with Gasteiger partial charge in [0, 0.05) is 17.8 Å². The lowest BCUT2D eigenvalue weighted by Crippen LogP contribution is -1.75. The van der Waals surface area contributed by atoms with E-state index in [0.29, 0.717) is 0 Å². The molecule has 0 amide bonds. The molecule has 52 valence electrons. The lowest BCUT2D eigenvalue weighted by Gasteiger charge is -1.81. The quantitative estimate of drug-likeness (QED) is 0.569. The number of hydrogen-bond donors (Lipinski definition) is 2. The Morgan fingerprint density at radius 3 is 3.10 bits per heavy atom. The second-order valence-electron chi connectivity index (χ2n) is 1.80. The van der Waals surface area contributed by atoms with Crippen LogP contribution in [-0.2, 0) is 0 Å². The summed E-state index contributed by atoms with van der Waals surface area (Å²) in [5.74, 6) is 0. The molecule has 4 heteroatoms. The van der Waals surface area contributed by atoms with Crippen molar-refractivity contribution in [2.45, 2.75) is 0 Å². The van der Waals surface area contributed by atoms with E-state index >= 15 is 0 Å². The van der Waals surface area contributed by atoms with Gasteiger partial charge in [0.2, 0.25) is 0 Å².